The zero-order valence-electron chi connectivity index (χ0n) is 11.9. The second-order valence-corrected chi connectivity index (χ2v) is 5.83. The number of fused-ring (bicyclic) bond motifs is 1. The lowest BCUT2D eigenvalue weighted by Gasteiger charge is -2.09. The van der Waals surface area contributed by atoms with Crippen LogP contribution in [0.4, 0.5) is 0 Å². The number of nitrogens with zero attached hydrogens (tertiary/aromatic N) is 2. The van der Waals surface area contributed by atoms with Crippen LogP contribution in [0, 0.1) is 13.8 Å². The molecule has 0 spiro atoms. The van der Waals surface area contributed by atoms with E-state index >= 15 is 0 Å². The Morgan fingerprint density at radius 2 is 2.05 bits per heavy atom. The number of aromatic nitrogens is 2. The molecule has 0 fully saturated rings. The van der Waals surface area contributed by atoms with Crippen LogP contribution in [0.25, 0.3) is 11.0 Å². The summed E-state index contributed by atoms with van der Waals surface area (Å²) in [5.74, 6) is 2.71. The lowest BCUT2D eigenvalue weighted by molar-refractivity contribution is 0.469. The van der Waals surface area contributed by atoms with Gasteiger partial charge in [0.2, 0.25) is 0 Å². The summed E-state index contributed by atoms with van der Waals surface area (Å²) in [5, 5.41) is -0.140. The molecule has 3 nitrogen and oxygen atoms in total. The van der Waals surface area contributed by atoms with Crippen molar-refractivity contribution in [3.63, 3.8) is 0 Å². The average molecular weight is 289 g/mol. The van der Waals surface area contributed by atoms with E-state index in [1.165, 1.54) is 5.56 Å². The van der Waals surface area contributed by atoms with Gasteiger partial charge >= 0.3 is 0 Å². The number of alkyl halides is 1. The van der Waals surface area contributed by atoms with Crippen molar-refractivity contribution in [2.24, 2.45) is 0 Å². The van der Waals surface area contributed by atoms with Crippen LogP contribution in [0.2, 0.25) is 0 Å². The molecule has 0 bridgehead atoms. The largest absolute Gasteiger partial charge is 0.464 e. The highest BCUT2D eigenvalue weighted by molar-refractivity contribution is 6.20. The van der Waals surface area contributed by atoms with Crippen LogP contribution in [0.1, 0.15) is 35.2 Å². The van der Waals surface area contributed by atoms with E-state index in [0.29, 0.717) is 6.54 Å². The monoisotopic (exact) mass is 288 g/mol. The molecule has 2 aromatic heterocycles. The van der Waals surface area contributed by atoms with Gasteiger partial charge in [0.15, 0.2) is 0 Å². The molecule has 0 saturated heterocycles. The number of halogens is 1. The Morgan fingerprint density at radius 1 is 1.25 bits per heavy atom. The molecule has 0 aliphatic carbocycles. The van der Waals surface area contributed by atoms with E-state index in [1.54, 1.807) is 0 Å². The molecule has 20 heavy (non-hydrogen) atoms. The Bertz CT molecular complexity index is 755. The van der Waals surface area contributed by atoms with Gasteiger partial charge in [0, 0.05) is 0 Å². The lowest BCUT2D eigenvalue weighted by atomic mass is 10.2. The summed E-state index contributed by atoms with van der Waals surface area (Å²) in [6, 6.07) is 10.2. The average Bonchev–Trinajstić information content (AvgIpc) is 2.95. The molecular weight excluding hydrogens is 272 g/mol. The molecule has 0 aliphatic rings. The van der Waals surface area contributed by atoms with Gasteiger partial charge in [0.25, 0.3) is 0 Å². The zero-order valence-corrected chi connectivity index (χ0v) is 12.6. The minimum Gasteiger partial charge on any atom is -0.464 e. The van der Waals surface area contributed by atoms with Crippen molar-refractivity contribution in [2.75, 3.05) is 0 Å². The highest BCUT2D eigenvalue weighted by Gasteiger charge is 2.16. The topological polar surface area (TPSA) is 31.0 Å². The van der Waals surface area contributed by atoms with E-state index in [9.17, 15) is 0 Å². The normalized spacial score (nSPS) is 13.0. The smallest absolute Gasteiger partial charge is 0.128 e. The molecule has 4 heteroatoms. The van der Waals surface area contributed by atoms with Crippen LogP contribution in [-0.4, -0.2) is 9.55 Å². The fourth-order valence-corrected chi connectivity index (χ4v) is 2.61. The molecule has 2 heterocycles. The van der Waals surface area contributed by atoms with Crippen molar-refractivity contribution in [2.45, 2.75) is 32.7 Å². The number of rotatable bonds is 3. The van der Waals surface area contributed by atoms with Crippen molar-refractivity contribution in [3.05, 3.63) is 53.2 Å². The van der Waals surface area contributed by atoms with E-state index in [4.69, 9.17) is 16.0 Å². The first kappa shape index (κ1) is 13.3. The van der Waals surface area contributed by atoms with Crippen molar-refractivity contribution in [1.29, 1.82) is 0 Å². The van der Waals surface area contributed by atoms with Crippen molar-refractivity contribution in [3.8, 4) is 0 Å². The van der Waals surface area contributed by atoms with Gasteiger partial charge in [-0.2, -0.15) is 0 Å². The van der Waals surface area contributed by atoms with Gasteiger partial charge in [-0.15, -0.1) is 11.6 Å². The molecule has 104 valence electrons. The SMILES string of the molecule is Cc1ccc2nc(C(C)Cl)n(Cc3ccc(C)o3)c2c1. The van der Waals surface area contributed by atoms with Gasteiger partial charge < -0.3 is 8.98 Å². The maximum Gasteiger partial charge on any atom is 0.128 e. The molecule has 1 aromatic carbocycles. The van der Waals surface area contributed by atoms with Gasteiger partial charge in [-0.3, -0.25) is 0 Å². The maximum atomic E-state index is 6.28. The standard InChI is InChI=1S/C16H17ClN2O/c1-10-4-7-14-15(8-10)19(16(18-14)12(3)17)9-13-6-5-11(2)20-13/h4-8,12H,9H2,1-3H3. The third-order valence-corrected chi connectivity index (χ3v) is 3.59. The summed E-state index contributed by atoms with van der Waals surface area (Å²) in [6.45, 7) is 6.63. The first-order valence-electron chi connectivity index (χ1n) is 6.71. The molecule has 1 atom stereocenters. The van der Waals surface area contributed by atoms with Crippen LogP contribution < -0.4 is 0 Å². The molecule has 3 aromatic rings. The summed E-state index contributed by atoms with van der Waals surface area (Å²) in [7, 11) is 0. The summed E-state index contributed by atoms with van der Waals surface area (Å²) in [6.07, 6.45) is 0. The van der Waals surface area contributed by atoms with Gasteiger partial charge in [-0.05, 0) is 50.6 Å². The van der Waals surface area contributed by atoms with E-state index in [0.717, 1.165) is 28.4 Å². The third kappa shape index (κ3) is 2.34. The maximum absolute atomic E-state index is 6.28. The quantitative estimate of drug-likeness (QED) is 0.660. The van der Waals surface area contributed by atoms with E-state index in [-0.39, 0.29) is 5.38 Å². The van der Waals surface area contributed by atoms with Crippen LogP contribution in [-0.2, 0) is 6.54 Å². The van der Waals surface area contributed by atoms with Gasteiger partial charge in [-0.1, -0.05) is 6.07 Å². The summed E-state index contributed by atoms with van der Waals surface area (Å²) in [4.78, 5) is 4.65. The van der Waals surface area contributed by atoms with Crippen LogP contribution >= 0.6 is 11.6 Å². The molecule has 0 aliphatic heterocycles. The summed E-state index contributed by atoms with van der Waals surface area (Å²) >= 11 is 6.28. The fourth-order valence-electron chi connectivity index (χ4n) is 2.45. The summed E-state index contributed by atoms with van der Waals surface area (Å²) < 4.78 is 7.82. The lowest BCUT2D eigenvalue weighted by Crippen LogP contribution is -2.05. The molecule has 0 radical (unpaired) electrons. The van der Waals surface area contributed by atoms with Crippen LogP contribution in [0.3, 0.4) is 0 Å². The predicted molar refractivity (Wildman–Crippen MR) is 81.3 cm³/mol. The van der Waals surface area contributed by atoms with E-state index < -0.39 is 0 Å². The van der Waals surface area contributed by atoms with Crippen molar-refractivity contribution >= 4 is 22.6 Å². The first-order valence-corrected chi connectivity index (χ1v) is 7.14. The number of aryl methyl sites for hydroxylation is 2. The van der Waals surface area contributed by atoms with Crippen LogP contribution in [0.5, 0.6) is 0 Å². The summed E-state index contributed by atoms with van der Waals surface area (Å²) in [5.41, 5.74) is 3.28. The molecule has 0 amide bonds. The molecular formula is C16H17ClN2O. The second-order valence-electron chi connectivity index (χ2n) is 5.18. The number of hydrogen-bond donors (Lipinski definition) is 0. The highest BCUT2D eigenvalue weighted by Crippen LogP contribution is 2.26. The predicted octanol–water partition coefficient (Wildman–Crippen LogP) is 4.59. The highest BCUT2D eigenvalue weighted by atomic mass is 35.5. The van der Waals surface area contributed by atoms with Gasteiger partial charge in [0.1, 0.15) is 17.3 Å². The number of benzene rings is 1. The van der Waals surface area contributed by atoms with E-state index in [2.05, 4.69) is 28.6 Å². The first-order chi connectivity index (χ1) is 9.54. The molecule has 1 unspecified atom stereocenters. The number of furan rings is 1. The minimum atomic E-state index is -0.140. The molecule has 3 rings (SSSR count). The molecule has 0 N–H and O–H groups in total. The Morgan fingerprint density at radius 3 is 2.70 bits per heavy atom. The Hall–Kier alpha value is -1.74. The number of imidazole rings is 1. The van der Waals surface area contributed by atoms with Crippen LogP contribution in [0.15, 0.2) is 34.7 Å². The van der Waals surface area contributed by atoms with Crippen molar-refractivity contribution < 1.29 is 4.42 Å². The fraction of sp³-hybridized carbons (Fsp3) is 0.312. The van der Waals surface area contributed by atoms with E-state index in [1.807, 2.05) is 32.0 Å². The third-order valence-electron chi connectivity index (χ3n) is 3.40. The Balaban J connectivity index is 2.15. The second kappa shape index (κ2) is 4.98. The van der Waals surface area contributed by atoms with Crippen molar-refractivity contribution in [1.82, 2.24) is 9.55 Å². The Kier molecular flexibility index (Phi) is 3.30. The minimum absolute atomic E-state index is 0.140. The van der Waals surface area contributed by atoms with Gasteiger partial charge in [0.05, 0.1) is 23.0 Å². The number of hydrogen-bond acceptors (Lipinski definition) is 2. The Labute approximate surface area is 123 Å². The zero-order chi connectivity index (χ0) is 14.3. The van der Waals surface area contributed by atoms with Gasteiger partial charge in [-0.25, -0.2) is 4.98 Å². The molecule has 0 saturated carbocycles.